The Morgan fingerprint density at radius 2 is 1.34 bits per heavy atom. The van der Waals surface area contributed by atoms with Gasteiger partial charge in [0.2, 0.25) is 0 Å². The molecule has 0 aliphatic rings. The maximum atomic E-state index is 11.5. The molecule has 0 radical (unpaired) electrons. The average Bonchev–Trinajstić information content (AvgIpc) is 2.78. The summed E-state index contributed by atoms with van der Waals surface area (Å²) >= 11 is 0. The molecule has 0 aromatic rings. The molecule has 0 fully saturated rings. The summed E-state index contributed by atoms with van der Waals surface area (Å²) in [7, 11) is -4.38. The van der Waals surface area contributed by atoms with Gasteiger partial charge in [-0.25, -0.2) is 4.57 Å². The number of hydrogen-bond donors (Lipinski definition) is 4. The van der Waals surface area contributed by atoms with Crippen LogP contribution in [0.5, 0.6) is 0 Å². The van der Waals surface area contributed by atoms with Gasteiger partial charge in [0.05, 0.1) is 26.4 Å². The van der Waals surface area contributed by atoms with E-state index in [-0.39, 0.29) is 6.61 Å². The van der Waals surface area contributed by atoms with E-state index in [0.29, 0.717) is 6.61 Å². The summed E-state index contributed by atoms with van der Waals surface area (Å²) < 4.78 is 26.0. The normalized spacial score (nSPS) is 16.0. The van der Waals surface area contributed by atoms with Crippen molar-refractivity contribution < 1.29 is 38.6 Å². The van der Waals surface area contributed by atoms with Gasteiger partial charge in [0, 0.05) is 6.61 Å². The quantitative estimate of drug-likeness (QED) is 0.0970. The molecule has 32 heavy (non-hydrogen) atoms. The van der Waals surface area contributed by atoms with Gasteiger partial charge in [0.15, 0.2) is 0 Å². The molecule has 3 atom stereocenters. The Balaban J connectivity index is 3.45. The first-order valence-electron chi connectivity index (χ1n) is 11.9. The Bertz CT molecular complexity index is 512. The first-order chi connectivity index (χ1) is 15.4. The van der Waals surface area contributed by atoms with Gasteiger partial charge in [0.25, 0.3) is 0 Å². The van der Waals surface area contributed by atoms with E-state index in [1.165, 1.54) is 38.5 Å². The van der Waals surface area contributed by atoms with Crippen LogP contribution < -0.4 is 0 Å². The van der Waals surface area contributed by atoms with Crippen LogP contribution in [-0.2, 0) is 18.3 Å². The van der Waals surface area contributed by atoms with E-state index < -0.39 is 39.9 Å². The molecule has 0 heterocycles. The van der Waals surface area contributed by atoms with E-state index >= 15 is 0 Å². The molecule has 0 amide bonds. The second kappa shape index (κ2) is 22.2. The lowest BCUT2D eigenvalue weighted by Crippen LogP contribution is -2.23. The van der Waals surface area contributed by atoms with Crippen LogP contribution in [0.15, 0.2) is 24.3 Å². The molecule has 0 aliphatic heterocycles. The highest BCUT2D eigenvalue weighted by molar-refractivity contribution is 7.47. The highest BCUT2D eigenvalue weighted by Crippen LogP contribution is 2.43. The van der Waals surface area contributed by atoms with Crippen LogP contribution in [0.2, 0.25) is 0 Å². The molecule has 0 aromatic heterocycles. The van der Waals surface area contributed by atoms with Crippen molar-refractivity contribution in [2.45, 2.75) is 89.8 Å². The van der Waals surface area contributed by atoms with Gasteiger partial charge >= 0.3 is 7.82 Å². The summed E-state index contributed by atoms with van der Waals surface area (Å²) in [5.74, 6) is 0. The number of rotatable bonds is 23. The summed E-state index contributed by atoms with van der Waals surface area (Å²) in [5, 5.41) is 27.4. The van der Waals surface area contributed by atoms with Gasteiger partial charge in [-0.05, 0) is 32.1 Å². The molecule has 0 bridgehead atoms. The fourth-order valence-corrected chi connectivity index (χ4v) is 3.52. The Hall–Kier alpha value is -0.570. The second-order valence-corrected chi connectivity index (χ2v) is 9.31. The van der Waals surface area contributed by atoms with E-state index in [2.05, 4.69) is 40.3 Å². The van der Waals surface area contributed by atoms with E-state index in [1.54, 1.807) is 0 Å². The standard InChI is InChI=1S/C23H45O8P/c1-2-3-4-5-6-7-8-9-10-11-12-13-14-15-16-17-29-19-23(26)21-31-32(27,28)30-20-22(25)18-24/h5-6,8-9,22-26H,2-4,7,10-21H2,1H3,(H,27,28)/b6-5-,9-8-. The van der Waals surface area contributed by atoms with Gasteiger partial charge in [0.1, 0.15) is 12.2 Å². The van der Waals surface area contributed by atoms with Crippen molar-refractivity contribution in [3.8, 4) is 0 Å². The van der Waals surface area contributed by atoms with Gasteiger partial charge in [-0.3, -0.25) is 9.05 Å². The maximum Gasteiger partial charge on any atom is 0.472 e. The van der Waals surface area contributed by atoms with Crippen LogP contribution in [0.3, 0.4) is 0 Å². The molecule has 0 saturated carbocycles. The number of aliphatic hydroxyl groups is 3. The molecule has 0 aromatic carbocycles. The first kappa shape index (κ1) is 31.4. The minimum atomic E-state index is -4.38. The smallest absolute Gasteiger partial charge is 0.394 e. The zero-order valence-electron chi connectivity index (χ0n) is 19.6. The minimum Gasteiger partial charge on any atom is -0.394 e. The topological polar surface area (TPSA) is 126 Å². The van der Waals surface area contributed by atoms with E-state index in [0.717, 1.165) is 32.1 Å². The highest BCUT2D eigenvalue weighted by Gasteiger charge is 2.24. The average molecular weight is 481 g/mol. The molecule has 4 N–H and O–H groups in total. The Labute approximate surface area is 193 Å². The number of unbranched alkanes of at least 4 members (excludes halogenated alkanes) is 8. The predicted octanol–water partition coefficient (Wildman–Crippen LogP) is 4.27. The molecule has 0 spiro atoms. The third kappa shape index (κ3) is 22.6. The van der Waals surface area contributed by atoms with Crippen molar-refractivity contribution in [2.75, 3.05) is 33.0 Å². The molecule has 190 valence electrons. The minimum absolute atomic E-state index is 0.000603. The highest BCUT2D eigenvalue weighted by atomic mass is 31.2. The van der Waals surface area contributed by atoms with Crippen LogP contribution in [-0.4, -0.2) is 65.5 Å². The summed E-state index contributed by atoms with van der Waals surface area (Å²) in [4.78, 5) is 9.39. The molecule has 3 unspecified atom stereocenters. The third-order valence-corrected chi connectivity index (χ3v) is 5.57. The fourth-order valence-electron chi connectivity index (χ4n) is 2.72. The molecular formula is C23H45O8P. The first-order valence-corrected chi connectivity index (χ1v) is 13.4. The summed E-state index contributed by atoms with van der Waals surface area (Å²) in [6.07, 6.45) is 19.4. The number of aliphatic hydroxyl groups excluding tert-OH is 3. The lowest BCUT2D eigenvalue weighted by molar-refractivity contribution is -0.00437. The van der Waals surface area contributed by atoms with E-state index in [4.69, 9.17) is 14.9 Å². The fraction of sp³-hybridized carbons (Fsp3) is 0.826. The van der Waals surface area contributed by atoms with Gasteiger partial charge in [-0.15, -0.1) is 0 Å². The Morgan fingerprint density at radius 1 is 0.781 bits per heavy atom. The lowest BCUT2D eigenvalue weighted by Gasteiger charge is -2.16. The van der Waals surface area contributed by atoms with Crippen LogP contribution in [0.4, 0.5) is 0 Å². The monoisotopic (exact) mass is 480 g/mol. The zero-order chi connectivity index (χ0) is 23.9. The van der Waals surface area contributed by atoms with Crippen molar-refractivity contribution >= 4 is 7.82 Å². The number of phosphoric acid groups is 1. The van der Waals surface area contributed by atoms with Crippen molar-refractivity contribution in [3.05, 3.63) is 24.3 Å². The van der Waals surface area contributed by atoms with Gasteiger partial charge in [-0.2, -0.15) is 0 Å². The van der Waals surface area contributed by atoms with Crippen molar-refractivity contribution in [3.63, 3.8) is 0 Å². The zero-order valence-corrected chi connectivity index (χ0v) is 20.5. The lowest BCUT2D eigenvalue weighted by atomic mass is 10.1. The Morgan fingerprint density at radius 3 is 1.97 bits per heavy atom. The number of allylic oxidation sites excluding steroid dienone is 4. The van der Waals surface area contributed by atoms with Gasteiger partial charge < -0.3 is 24.9 Å². The van der Waals surface area contributed by atoms with E-state index in [1.807, 2.05) is 0 Å². The van der Waals surface area contributed by atoms with Gasteiger partial charge in [-0.1, -0.05) is 69.8 Å². The number of phosphoric ester groups is 1. The van der Waals surface area contributed by atoms with Crippen molar-refractivity contribution in [1.82, 2.24) is 0 Å². The summed E-state index contributed by atoms with van der Waals surface area (Å²) in [6, 6.07) is 0. The largest absolute Gasteiger partial charge is 0.472 e. The maximum absolute atomic E-state index is 11.5. The van der Waals surface area contributed by atoms with Crippen molar-refractivity contribution in [1.29, 1.82) is 0 Å². The van der Waals surface area contributed by atoms with Crippen LogP contribution in [0.25, 0.3) is 0 Å². The molecule has 0 saturated heterocycles. The van der Waals surface area contributed by atoms with Crippen molar-refractivity contribution in [2.24, 2.45) is 0 Å². The van der Waals surface area contributed by atoms with E-state index in [9.17, 15) is 14.6 Å². The van der Waals surface area contributed by atoms with Crippen LogP contribution in [0.1, 0.15) is 77.6 Å². The number of ether oxygens (including phenoxy) is 1. The summed E-state index contributed by atoms with van der Waals surface area (Å²) in [6.45, 7) is 1.17. The molecular weight excluding hydrogens is 435 g/mol. The van der Waals surface area contributed by atoms with Crippen LogP contribution >= 0.6 is 7.82 Å². The molecule has 9 heteroatoms. The van der Waals surface area contributed by atoms with Crippen LogP contribution in [0, 0.1) is 0 Å². The SMILES string of the molecule is CCCC/C=C\C/C=C\CCCCCCCCOCC(O)COP(=O)(O)OCC(O)CO. The number of hydrogen-bond acceptors (Lipinski definition) is 7. The molecule has 8 nitrogen and oxygen atoms in total. The predicted molar refractivity (Wildman–Crippen MR) is 126 cm³/mol. The molecule has 0 aliphatic carbocycles. The molecule has 0 rings (SSSR count). The summed E-state index contributed by atoms with van der Waals surface area (Å²) in [5.41, 5.74) is 0. The second-order valence-electron chi connectivity index (χ2n) is 7.86. The Kier molecular flexibility index (Phi) is 21.8. The third-order valence-electron chi connectivity index (χ3n) is 4.62.